The zero-order chi connectivity index (χ0) is 12.0. The molecular weight excluding hydrogens is 204 g/mol. The van der Waals surface area contributed by atoms with E-state index < -0.39 is 0 Å². The topological polar surface area (TPSA) is 52.6 Å². The maximum Gasteiger partial charge on any atom is 0.234 e. The molecule has 0 aromatic heterocycles. The van der Waals surface area contributed by atoms with Crippen LogP contribution in [-0.4, -0.2) is 48.2 Å². The van der Waals surface area contributed by atoms with Crippen molar-refractivity contribution in [2.24, 2.45) is 0 Å². The van der Waals surface area contributed by atoms with E-state index in [9.17, 15) is 9.90 Å². The van der Waals surface area contributed by atoms with E-state index in [1.54, 1.807) is 0 Å². The van der Waals surface area contributed by atoms with Gasteiger partial charge in [-0.25, -0.2) is 0 Å². The van der Waals surface area contributed by atoms with Crippen LogP contribution in [0.4, 0.5) is 0 Å². The Labute approximate surface area is 98.0 Å². The van der Waals surface area contributed by atoms with Gasteiger partial charge in [-0.1, -0.05) is 19.8 Å². The van der Waals surface area contributed by atoms with Crippen LogP contribution in [0.1, 0.15) is 39.0 Å². The van der Waals surface area contributed by atoms with Crippen LogP contribution in [0.2, 0.25) is 0 Å². The normalized spacial score (nSPS) is 25.8. The number of likely N-dealkylation sites (N-methyl/N-ethyl adjacent to an activating group) is 1. The van der Waals surface area contributed by atoms with Crippen molar-refractivity contribution in [3.8, 4) is 0 Å². The van der Waals surface area contributed by atoms with Gasteiger partial charge in [0.2, 0.25) is 5.91 Å². The summed E-state index contributed by atoms with van der Waals surface area (Å²) in [6.07, 6.45) is 4.82. The van der Waals surface area contributed by atoms with E-state index in [0.29, 0.717) is 6.54 Å². The third-order valence-corrected chi connectivity index (χ3v) is 3.23. The molecule has 0 bridgehead atoms. The first-order chi connectivity index (χ1) is 7.65. The van der Waals surface area contributed by atoms with Crippen molar-refractivity contribution in [1.29, 1.82) is 0 Å². The molecule has 0 saturated heterocycles. The number of hydrogen-bond donors (Lipinski definition) is 2. The third-order valence-electron chi connectivity index (χ3n) is 3.23. The summed E-state index contributed by atoms with van der Waals surface area (Å²) in [5.41, 5.74) is 0. The Morgan fingerprint density at radius 2 is 2.12 bits per heavy atom. The number of amides is 1. The SMILES string of the molecule is CCCNC(=O)CN(C)C1CCCCC1O. The second-order valence-electron chi connectivity index (χ2n) is 4.68. The molecule has 1 aliphatic rings. The largest absolute Gasteiger partial charge is 0.391 e. The first-order valence-corrected chi connectivity index (χ1v) is 6.30. The van der Waals surface area contributed by atoms with Gasteiger partial charge in [0.1, 0.15) is 0 Å². The van der Waals surface area contributed by atoms with E-state index in [1.165, 1.54) is 0 Å². The molecule has 94 valence electrons. The van der Waals surface area contributed by atoms with E-state index in [-0.39, 0.29) is 18.1 Å². The van der Waals surface area contributed by atoms with E-state index in [2.05, 4.69) is 5.32 Å². The van der Waals surface area contributed by atoms with Crippen LogP contribution in [0.15, 0.2) is 0 Å². The minimum Gasteiger partial charge on any atom is -0.391 e. The lowest BCUT2D eigenvalue weighted by Crippen LogP contribution is -2.47. The van der Waals surface area contributed by atoms with Crippen LogP contribution in [-0.2, 0) is 4.79 Å². The molecule has 2 atom stereocenters. The van der Waals surface area contributed by atoms with Crippen LogP contribution in [0, 0.1) is 0 Å². The summed E-state index contributed by atoms with van der Waals surface area (Å²) in [6.45, 7) is 3.16. The lowest BCUT2D eigenvalue weighted by Gasteiger charge is -2.34. The van der Waals surface area contributed by atoms with Gasteiger partial charge < -0.3 is 10.4 Å². The number of hydrogen-bond acceptors (Lipinski definition) is 3. The Morgan fingerprint density at radius 3 is 2.75 bits per heavy atom. The standard InChI is InChI=1S/C12H24N2O2/c1-3-8-13-12(16)9-14(2)10-6-4-5-7-11(10)15/h10-11,15H,3-9H2,1-2H3,(H,13,16). The molecule has 1 aliphatic carbocycles. The van der Waals surface area contributed by atoms with Crippen molar-refractivity contribution in [2.75, 3.05) is 20.1 Å². The van der Waals surface area contributed by atoms with E-state index in [0.717, 1.165) is 38.6 Å². The van der Waals surface area contributed by atoms with Gasteiger partial charge in [-0.15, -0.1) is 0 Å². The van der Waals surface area contributed by atoms with Gasteiger partial charge in [0.15, 0.2) is 0 Å². The lowest BCUT2D eigenvalue weighted by atomic mass is 9.91. The molecule has 0 radical (unpaired) electrons. The van der Waals surface area contributed by atoms with Gasteiger partial charge in [0.05, 0.1) is 12.6 Å². The van der Waals surface area contributed by atoms with Crippen LogP contribution in [0.25, 0.3) is 0 Å². The summed E-state index contributed by atoms with van der Waals surface area (Å²) in [4.78, 5) is 13.5. The number of carbonyl (C=O) groups is 1. The highest BCUT2D eigenvalue weighted by molar-refractivity contribution is 5.77. The molecule has 2 N–H and O–H groups in total. The molecule has 1 fully saturated rings. The molecule has 4 nitrogen and oxygen atoms in total. The molecule has 0 spiro atoms. The summed E-state index contributed by atoms with van der Waals surface area (Å²) in [5, 5.41) is 12.7. The van der Waals surface area contributed by atoms with Crippen LogP contribution in [0.3, 0.4) is 0 Å². The summed E-state index contributed by atoms with van der Waals surface area (Å²) in [7, 11) is 1.92. The van der Waals surface area contributed by atoms with Gasteiger partial charge in [-0.2, -0.15) is 0 Å². The molecule has 1 amide bonds. The maximum absolute atomic E-state index is 11.5. The van der Waals surface area contributed by atoms with E-state index in [4.69, 9.17) is 0 Å². The Hall–Kier alpha value is -0.610. The van der Waals surface area contributed by atoms with Gasteiger partial charge >= 0.3 is 0 Å². The van der Waals surface area contributed by atoms with Gasteiger partial charge in [0, 0.05) is 12.6 Å². The number of aliphatic hydroxyl groups excluding tert-OH is 1. The molecule has 2 unspecified atom stereocenters. The third kappa shape index (κ3) is 4.10. The summed E-state index contributed by atoms with van der Waals surface area (Å²) < 4.78 is 0. The highest BCUT2D eigenvalue weighted by Crippen LogP contribution is 2.21. The second-order valence-corrected chi connectivity index (χ2v) is 4.68. The van der Waals surface area contributed by atoms with E-state index in [1.807, 2.05) is 18.9 Å². The number of nitrogens with zero attached hydrogens (tertiary/aromatic N) is 1. The summed E-state index contributed by atoms with van der Waals surface area (Å²) >= 11 is 0. The molecular formula is C12H24N2O2. The van der Waals surface area contributed by atoms with Crippen LogP contribution < -0.4 is 5.32 Å². The zero-order valence-electron chi connectivity index (χ0n) is 10.4. The van der Waals surface area contributed by atoms with Crippen molar-refractivity contribution in [2.45, 2.75) is 51.2 Å². The molecule has 4 heteroatoms. The average molecular weight is 228 g/mol. The minimum absolute atomic E-state index is 0.0575. The predicted octanol–water partition coefficient (Wildman–Crippen LogP) is 0.748. The quantitative estimate of drug-likeness (QED) is 0.730. The molecule has 1 saturated carbocycles. The first kappa shape index (κ1) is 13.5. The van der Waals surface area contributed by atoms with Crippen LogP contribution >= 0.6 is 0 Å². The van der Waals surface area contributed by atoms with Gasteiger partial charge in [0.25, 0.3) is 0 Å². The fourth-order valence-electron chi connectivity index (χ4n) is 2.27. The zero-order valence-corrected chi connectivity index (χ0v) is 10.4. The monoisotopic (exact) mass is 228 g/mol. The Bertz CT molecular complexity index is 221. The number of aliphatic hydroxyl groups is 1. The predicted molar refractivity (Wildman–Crippen MR) is 64.2 cm³/mol. The molecule has 16 heavy (non-hydrogen) atoms. The molecule has 0 heterocycles. The van der Waals surface area contributed by atoms with Crippen molar-refractivity contribution >= 4 is 5.91 Å². The average Bonchev–Trinajstić information content (AvgIpc) is 2.26. The minimum atomic E-state index is -0.266. The number of nitrogens with one attached hydrogen (secondary N) is 1. The molecule has 0 aliphatic heterocycles. The molecule has 0 aromatic carbocycles. The summed E-state index contributed by atoms with van der Waals surface area (Å²) in [5.74, 6) is 0.0575. The highest BCUT2D eigenvalue weighted by atomic mass is 16.3. The molecule has 1 rings (SSSR count). The molecule has 0 aromatic rings. The Kier molecular flexibility index (Phi) is 5.77. The van der Waals surface area contributed by atoms with Crippen molar-refractivity contribution in [3.05, 3.63) is 0 Å². The first-order valence-electron chi connectivity index (χ1n) is 6.30. The second kappa shape index (κ2) is 6.86. The van der Waals surface area contributed by atoms with Crippen LogP contribution in [0.5, 0.6) is 0 Å². The highest BCUT2D eigenvalue weighted by Gasteiger charge is 2.27. The lowest BCUT2D eigenvalue weighted by molar-refractivity contribution is -0.123. The smallest absolute Gasteiger partial charge is 0.234 e. The fourth-order valence-corrected chi connectivity index (χ4v) is 2.27. The fraction of sp³-hybridized carbons (Fsp3) is 0.917. The Balaban J connectivity index is 2.32. The number of rotatable bonds is 5. The van der Waals surface area contributed by atoms with Gasteiger partial charge in [-0.3, -0.25) is 9.69 Å². The van der Waals surface area contributed by atoms with Gasteiger partial charge in [-0.05, 0) is 26.3 Å². The summed E-state index contributed by atoms with van der Waals surface area (Å²) in [6, 6.07) is 0.154. The van der Waals surface area contributed by atoms with Crippen molar-refractivity contribution in [1.82, 2.24) is 10.2 Å². The Morgan fingerprint density at radius 1 is 1.44 bits per heavy atom. The number of carbonyl (C=O) groups excluding carboxylic acids is 1. The maximum atomic E-state index is 11.5. The van der Waals surface area contributed by atoms with Crippen molar-refractivity contribution < 1.29 is 9.90 Å². The van der Waals surface area contributed by atoms with Crippen molar-refractivity contribution in [3.63, 3.8) is 0 Å². The van der Waals surface area contributed by atoms with E-state index >= 15 is 0 Å².